The van der Waals surface area contributed by atoms with Gasteiger partial charge in [-0.1, -0.05) is 12.5 Å². The predicted molar refractivity (Wildman–Crippen MR) is 76.3 cm³/mol. The molecule has 0 spiro atoms. The summed E-state index contributed by atoms with van der Waals surface area (Å²) in [6.45, 7) is 6.27. The molecular formula is C15H23N3O. The molecule has 3 rings (SSSR count). The maximum atomic E-state index is 9.89. The lowest BCUT2D eigenvalue weighted by Crippen LogP contribution is -2.55. The van der Waals surface area contributed by atoms with Gasteiger partial charge in [0.05, 0.1) is 6.10 Å². The van der Waals surface area contributed by atoms with Crippen LogP contribution in [-0.4, -0.2) is 47.2 Å². The van der Waals surface area contributed by atoms with Crippen molar-refractivity contribution in [3.8, 4) is 0 Å². The second kappa shape index (κ2) is 5.47. The van der Waals surface area contributed by atoms with Gasteiger partial charge < -0.3 is 10.0 Å². The highest BCUT2D eigenvalue weighted by Gasteiger charge is 2.30. The number of piperidine rings is 1. The Morgan fingerprint density at radius 2 is 2.21 bits per heavy atom. The van der Waals surface area contributed by atoms with Gasteiger partial charge in [-0.2, -0.15) is 0 Å². The average Bonchev–Trinajstić information content (AvgIpc) is 2.46. The molecule has 2 fully saturated rings. The second-order valence-electron chi connectivity index (χ2n) is 5.72. The summed E-state index contributed by atoms with van der Waals surface area (Å²) in [5.74, 6) is 0.975. The van der Waals surface area contributed by atoms with Gasteiger partial charge in [0.2, 0.25) is 0 Å². The first-order valence-corrected chi connectivity index (χ1v) is 7.37. The summed E-state index contributed by atoms with van der Waals surface area (Å²) >= 11 is 0. The summed E-state index contributed by atoms with van der Waals surface area (Å²) < 4.78 is 0. The van der Waals surface area contributed by atoms with Gasteiger partial charge in [-0.3, -0.25) is 4.90 Å². The summed E-state index contributed by atoms with van der Waals surface area (Å²) in [6, 6.07) is 4.56. The van der Waals surface area contributed by atoms with Crippen LogP contribution in [0.3, 0.4) is 0 Å². The van der Waals surface area contributed by atoms with E-state index in [0.717, 1.165) is 31.0 Å². The predicted octanol–water partition coefficient (Wildman–Crippen LogP) is 1.81. The molecule has 1 aromatic heterocycles. The molecule has 3 heterocycles. The number of hydrogen-bond acceptors (Lipinski definition) is 4. The van der Waals surface area contributed by atoms with E-state index in [-0.39, 0.29) is 0 Å². The summed E-state index contributed by atoms with van der Waals surface area (Å²) in [5.41, 5.74) is 0.951. The number of anilines is 1. The lowest BCUT2D eigenvalue weighted by molar-refractivity contribution is 0.132. The van der Waals surface area contributed by atoms with Crippen LogP contribution >= 0.6 is 0 Å². The van der Waals surface area contributed by atoms with Crippen molar-refractivity contribution < 1.29 is 5.11 Å². The van der Waals surface area contributed by atoms with E-state index in [2.05, 4.69) is 14.8 Å². The number of aliphatic hydroxyl groups is 1. The molecule has 2 saturated heterocycles. The minimum Gasteiger partial charge on any atom is -0.389 e. The van der Waals surface area contributed by atoms with Crippen molar-refractivity contribution in [2.75, 3.05) is 31.1 Å². The molecular weight excluding hydrogens is 238 g/mol. The zero-order chi connectivity index (χ0) is 13.2. The Balaban J connectivity index is 1.79. The SMILES string of the molecule is C[C@@H](O)c1cccnc1N1CCN2CCCCC2C1. The van der Waals surface area contributed by atoms with E-state index in [9.17, 15) is 5.11 Å². The smallest absolute Gasteiger partial charge is 0.134 e. The van der Waals surface area contributed by atoms with E-state index < -0.39 is 6.10 Å². The normalized spacial score (nSPS) is 26.0. The first kappa shape index (κ1) is 12.9. The van der Waals surface area contributed by atoms with Gasteiger partial charge in [0.25, 0.3) is 0 Å². The molecule has 0 amide bonds. The molecule has 0 radical (unpaired) electrons. The van der Waals surface area contributed by atoms with Crippen LogP contribution in [0.2, 0.25) is 0 Å². The summed E-state index contributed by atoms with van der Waals surface area (Å²) in [5, 5.41) is 9.89. The van der Waals surface area contributed by atoms with Gasteiger partial charge in [0, 0.05) is 37.4 Å². The first-order valence-electron chi connectivity index (χ1n) is 7.37. The summed E-state index contributed by atoms with van der Waals surface area (Å²) in [7, 11) is 0. The van der Waals surface area contributed by atoms with Gasteiger partial charge in [-0.15, -0.1) is 0 Å². The minimum absolute atomic E-state index is 0.451. The van der Waals surface area contributed by atoms with Gasteiger partial charge in [-0.25, -0.2) is 4.98 Å². The Kier molecular flexibility index (Phi) is 3.71. The van der Waals surface area contributed by atoms with E-state index in [1.807, 2.05) is 25.3 Å². The molecule has 4 nitrogen and oxygen atoms in total. The van der Waals surface area contributed by atoms with E-state index in [4.69, 9.17) is 0 Å². The van der Waals surface area contributed by atoms with E-state index >= 15 is 0 Å². The van der Waals surface area contributed by atoms with Crippen molar-refractivity contribution in [3.05, 3.63) is 23.9 Å². The molecule has 104 valence electrons. The molecule has 0 saturated carbocycles. The topological polar surface area (TPSA) is 39.6 Å². The lowest BCUT2D eigenvalue weighted by Gasteiger charge is -2.44. The van der Waals surface area contributed by atoms with Gasteiger partial charge >= 0.3 is 0 Å². The molecule has 2 aliphatic rings. The van der Waals surface area contributed by atoms with Crippen LogP contribution in [-0.2, 0) is 0 Å². The lowest BCUT2D eigenvalue weighted by atomic mass is 9.99. The number of aliphatic hydroxyl groups excluding tert-OH is 1. The zero-order valence-corrected chi connectivity index (χ0v) is 11.6. The first-order chi connectivity index (χ1) is 9.25. The molecule has 1 N–H and O–H groups in total. The van der Waals surface area contributed by atoms with Crippen LogP contribution in [0.25, 0.3) is 0 Å². The molecule has 1 unspecified atom stereocenters. The Hall–Kier alpha value is -1.13. The van der Waals surface area contributed by atoms with Crippen molar-refractivity contribution >= 4 is 5.82 Å². The number of nitrogens with zero attached hydrogens (tertiary/aromatic N) is 3. The van der Waals surface area contributed by atoms with Crippen LogP contribution in [0.1, 0.15) is 37.9 Å². The molecule has 19 heavy (non-hydrogen) atoms. The van der Waals surface area contributed by atoms with Crippen molar-refractivity contribution in [2.24, 2.45) is 0 Å². The molecule has 4 heteroatoms. The monoisotopic (exact) mass is 261 g/mol. The van der Waals surface area contributed by atoms with Crippen LogP contribution in [0.4, 0.5) is 5.82 Å². The fraction of sp³-hybridized carbons (Fsp3) is 0.667. The largest absolute Gasteiger partial charge is 0.389 e. The van der Waals surface area contributed by atoms with Gasteiger partial charge in [0.1, 0.15) is 5.82 Å². The standard InChI is InChI=1S/C15H23N3O/c1-12(19)14-6-4-7-16-15(14)18-10-9-17-8-3-2-5-13(17)11-18/h4,6-7,12-13,19H,2-3,5,8-11H2,1H3/t12-,13?/m1/s1. The Bertz CT molecular complexity index is 435. The third-order valence-electron chi connectivity index (χ3n) is 4.40. The average molecular weight is 261 g/mol. The number of hydrogen-bond donors (Lipinski definition) is 1. The minimum atomic E-state index is -0.451. The molecule has 0 aliphatic carbocycles. The number of rotatable bonds is 2. The quantitative estimate of drug-likeness (QED) is 0.881. The van der Waals surface area contributed by atoms with Crippen molar-refractivity contribution in [1.29, 1.82) is 0 Å². The number of piperazine rings is 1. The van der Waals surface area contributed by atoms with Crippen LogP contribution in [0, 0.1) is 0 Å². The molecule has 0 aromatic carbocycles. The highest BCUT2D eigenvalue weighted by atomic mass is 16.3. The van der Waals surface area contributed by atoms with E-state index in [1.165, 1.54) is 25.8 Å². The molecule has 0 bridgehead atoms. The van der Waals surface area contributed by atoms with Gasteiger partial charge in [0.15, 0.2) is 0 Å². The van der Waals surface area contributed by atoms with E-state index in [0.29, 0.717) is 6.04 Å². The highest BCUT2D eigenvalue weighted by Crippen LogP contribution is 2.28. The van der Waals surface area contributed by atoms with Crippen LogP contribution in [0.5, 0.6) is 0 Å². The van der Waals surface area contributed by atoms with Gasteiger partial charge in [-0.05, 0) is 32.4 Å². The van der Waals surface area contributed by atoms with Crippen molar-refractivity contribution in [1.82, 2.24) is 9.88 Å². The van der Waals surface area contributed by atoms with E-state index in [1.54, 1.807) is 0 Å². The number of fused-ring (bicyclic) bond motifs is 1. The fourth-order valence-electron chi connectivity index (χ4n) is 3.35. The van der Waals surface area contributed by atoms with Crippen LogP contribution < -0.4 is 4.90 Å². The maximum Gasteiger partial charge on any atom is 0.134 e. The Morgan fingerprint density at radius 3 is 3.05 bits per heavy atom. The third kappa shape index (κ3) is 2.60. The zero-order valence-electron chi connectivity index (χ0n) is 11.6. The number of pyridine rings is 1. The second-order valence-corrected chi connectivity index (χ2v) is 5.72. The third-order valence-corrected chi connectivity index (χ3v) is 4.40. The summed E-state index contributed by atoms with van der Waals surface area (Å²) in [4.78, 5) is 9.48. The molecule has 2 aliphatic heterocycles. The molecule has 2 atom stereocenters. The fourth-order valence-corrected chi connectivity index (χ4v) is 3.35. The van der Waals surface area contributed by atoms with Crippen molar-refractivity contribution in [3.63, 3.8) is 0 Å². The summed E-state index contributed by atoms with van der Waals surface area (Å²) in [6.07, 6.45) is 5.37. The maximum absolute atomic E-state index is 9.89. The Labute approximate surface area is 115 Å². The number of aromatic nitrogens is 1. The highest BCUT2D eigenvalue weighted by molar-refractivity contribution is 5.48. The molecule has 1 aromatic rings. The Morgan fingerprint density at radius 1 is 1.32 bits per heavy atom. The van der Waals surface area contributed by atoms with Crippen LogP contribution in [0.15, 0.2) is 18.3 Å². The van der Waals surface area contributed by atoms with Crippen molar-refractivity contribution in [2.45, 2.75) is 38.3 Å².